The molecular formula is C14H10Cl2N6O2. The zero-order valence-electron chi connectivity index (χ0n) is 12.3. The van der Waals surface area contributed by atoms with Crippen LogP contribution in [0.1, 0.15) is 5.69 Å². The maximum atomic E-state index is 10.8. The highest BCUT2D eigenvalue weighted by atomic mass is 35.5. The Morgan fingerprint density at radius 2 is 2.08 bits per heavy atom. The van der Waals surface area contributed by atoms with Crippen LogP contribution in [0.5, 0.6) is 0 Å². The SMILES string of the molecule is Cc1nc(Nc2cnn(-c3ncc(Cl)cc3Cl)c2)ccc1[N+](=O)[O-]. The van der Waals surface area contributed by atoms with Crippen molar-refractivity contribution in [2.24, 2.45) is 0 Å². The highest BCUT2D eigenvalue weighted by Crippen LogP contribution is 2.24. The molecule has 24 heavy (non-hydrogen) atoms. The largest absolute Gasteiger partial charge is 0.338 e. The molecule has 0 radical (unpaired) electrons. The third kappa shape index (κ3) is 3.29. The maximum Gasteiger partial charge on any atom is 0.290 e. The fourth-order valence-corrected chi connectivity index (χ4v) is 2.51. The van der Waals surface area contributed by atoms with Gasteiger partial charge >= 0.3 is 0 Å². The molecule has 0 saturated carbocycles. The fraction of sp³-hybridized carbons (Fsp3) is 0.0714. The second kappa shape index (κ2) is 6.42. The van der Waals surface area contributed by atoms with Gasteiger partial charge in [0, 0.05) is 12.3 Å². The van der Waals surface area contributed by atoms with Crippen molar-refractivity contribution >= 4 is 40.4 Å². The molecule has 3 heterocycles. The van der Waals surface area contributed by atoms with Gasteiger partial charge in [0.2, 0.25) is 0 Å². The van der Waals surface area contributed by atoms with Crippen LogP contribution in [0.2, 0.25) is 10.0 Å². The van der Waals surface area contributed by atoms with E-state index >= 15 is 0 Å². The molecule has 0 aliphatic rings. The van der Waals surface area contributed by atoms with Crippen LogP contribution in [0.25, 0.3) is 5.82 Å². The van der Waals surface area contributed by atoms with E-state index < -0.39 is 4.92 Å². The van der Waals surface area contributed by atoms with Gasteiger partial charge in [-0.25, -0.2) is 14.6 Å². The zero-order chi connectivity index (χ0) is 17.3. The highest BCUT2D eigenvalue weighted by molar-refractivity contribution is 6.35. The molecule has 0 aromatic carbocycles. The number of nitrogens with zero attached hydrogens (tertiary/aromatic N) is 5. The first-order valence-electron chi connectivity index (χ1n) is 6.69. The molecule has 3 aromatic heterocycles. The van der Waals surface area contributed by atoms with Gasteiger partial charge in [0.15, 0.2) is 5.82 Å². The maximum absolute atomic E-state index is 10.8. The van der Waals surface area contributed by atoms with Gasteiger partial charge in [-0.3, -0.25) is 10.1 Å². The van der Waals surface area contributed by atoms with E-state index in [1.165, 1.54) is 23.0 Å². The second-order valence-corrected chi connectivity index (χ2v) is 5.66. The van der Waals surface area contributed by atoms with Gasteiger partial charge in [0.25, 0.3) is 5.69 Å². The molecule has 0 unspecified atom stereocenters. The van der Waals surface area contributed by atoms with Crippen LogP contribution in [0, 0.1) is 17.0 Å². The van der Waals surface area contributed by atoms with E-state index in [9.17, 15) is 10.1 Å². The number of anilines is 2. The van der Waals surface area contributed by atoms with E-state index in [0.717, 1.165) is 0 Å². The Morgan fingerprint density at radius 3 is 2.75 bits per heavy atom. The Balaban J connectivity index is 1.84. The third-order valence-corrected chi connectivity index (χ3v) is 3.60. The topological polar surface area (TPSA) is 98.8 Å². The van der Waals surface area contributed by atoms with Crippen LogP contribution in [0.4, 0.5) is 17.2 Å². The number of nitro groups is 1. The smallest absolute Gasteiger partial charge is 0.290 e. The van der Waals surface area contributed by atoms with Crippen molar-refractivity contribution in [3.63, 3.8) is 0 Å². The molecule has 122 valence electrons. The van der Waals surface area contributed by atoms with Gasteiger partial charge in [-0.2, -0.15) is 5.10 Å². The number of nitrogens with one attached hydrogen (secondary N) is 1. The van der Waals surface area contributed by atoms with Crippen LogP contribution < -0.4 is 5.32 Å². The lowest BCUT2D eigenvalue weighted by Crippen LogP contribution is -1.99. The van der Waals surface area contributed by atoms with Gasteiger partial charge in [-0.05, 0) is 19.1 Å². The van der Waals surface area contributed by atoms with Gasteiger partial charge in [0.1, 0.15) is 11.5 Å². The number of aromatic nitrogens is 4. The number of aryl methyl sites for hydroxylation is 1. The molecule has 0 bridgehead atoms. The molecule has 0 saturated heterocycles. The molecule has 0 spiro atoms. The summed E-state index contributed by atoms with van der Waals surface area (Å²) in [5.74, 6) is 0.898. The molecule has 0 aliphatic carbocycles. The van der Waals surface area contributed by atoms with Crippen LogP contribution in [0.15, 0.2) is 36.8 Å². The van der Waals surface area contributed by atoms with Crippen molar-refractivity contribution in [1.82, 2.24) is 19.7 Å². The average molecular weight is 365 g/mol. The van der Waals surface area contributed by atoms with Crippen molar-refractivity contribution in [2.45, 2.75) is 6.92 Å². The first kappa shape index (κ1) is 16.2. The molecular weight excluding hydrogens is 355 g/mol. The molecule has 8 nitrogen and oxygen atoms in total. The molecule has 0 aliphatic heterocycles. The Hall–Kier alpha value is -2.71. The van der Waals surface area contributed by atoms with E-state index in [-0.39, 0.29) is 5.69 Å². The van der Waals surface area contributed by atoms with E-state index in [1.807, 2.05) is 0 Å². The summed E-state index contributed by atoms with van der Waals surface area (Å²) in [6, 6.07) is 4.49. The van der Waals surface area contributed by atoms with Crippen LogP contribution in [-0.4, -0.2) is 24.7 Å². The molecule has 10 heteroatoms. The molecule has 0 amide bonds. The van der Waals surface area contributed by atoms with Crippen LogP contribution in [0.3, 0.4) is 0 Å². The third-order valence-electron chi connectivity index (χ3n) is 3.12. The number of halogens is 2. The number of hydrogen-bond acceptors (Lipinski definition) is 6. The van der Waals surface area contributed by atoms with Gasteiger partial charge in [-0.15, -0.1) is 0 Å². The van der Waals surface area contributed by atoms with E-state index in [1.54, 1.807) is 25.4 Å². The first-order chi connectivity index (χ1) is 11.4. The van der Waals surface area contributed by atoms with Crippen molar-refractivity contribution in [1.29, 1.82) is 0 Å². The molecule has 1 N–H and O–H groups in total. The Morgan fingerprint density at radius 1 is 1.29 bits per heavy atom. The number of pyridine rings is 2. The molecule has 0 atom stereocenters. The van der Waals surface area contributed by atoms with Crippen LogP contribution >= 0.6 is 23.2 Å². The summed E-state index contributed by atoms with van der Waals surface area (Å²) in [6.07, 6.45) is 4.70. The summed E-state index contributed by atoms with van der Waals surface area (Å²) in [6.45, 7) is 1.57. The summed E-state index contributed by atoms with van der Waals surface area (Å²) in [5.41, 5.74) is 0.914. The predicted octanol–water partition coefficient (Wildman–Crippen LogP) is 3.93. The fourth-order valence-electron chi connectivity index (χ4n) is 2.04. The normalized spacial score (nSPS) is 10.6. The van der Waals surface area contributed by atoms with E-state index in [2.05, 4.69) is 20.4 Å². The van der Waals surface area contributed by atoms with Crippen molar-refractivity contribution in [3.8, 4) is 5.82 Å². The van der Waals surface area contributed by atoms with E-state index in [0.29, 0.717) is 33.1 Å². The lowest BCUT2D eigenvalue weighted by Gasteiger charge is -2.04. The summed E-state index contributed by atoms with van der Waals surface area (Å²) >= 11 is 11.9. The number of rotatable bonds is 4. The lowest BCUT2D eigenvalue weighted by molar-refractivity contribution is -0.385. The van der Waals surface area contributed by atoms with Crippen molar-refractivity contribution in [3.05, 3.63) is 62.6 Å². The monoisotopic (exact) mass is 364 g/mol. The van der Waals surface area contributed by atoms with Crippen molar-refractivity contribution < 1.29 is 4.92 Å². The minimum Gasteiger partial charge on any atom is -0.338 e. The summed E-state index contributed by atoms with van der Waals surface area (Å²) in [5, 5.41) is 18.8. The van der Waals surface area contributed by atoms with Gasteiger partial charge < -0.3 is 5.32 Å². The first-order valence-corrected chi connectivity index (χ1v) is 7.45. The van der Waals surface area contributed by atoms with Gasteiger partial charge in [0.05, 0.1) is 33.0 Å². The van der Waals surface area contributed by atoms with E-state index in [4.69, 9.17) is 23.2 Å². The van der Waals surface area contributed by atoms with Crippen molar-refractivity contribution in [2.75, 3.05) is 5.32 Å². The standard InChI is InChI=1S/C14H10Cl2N6O2/c1-8-12(22(23)24)2-3-13(19-8)20-10-6-18-21(7-10)14-11(16)4-9(15)5-17-14/h2-7H,1H3,(H,19,20). The summed E-state index contributed by atoms with van der Waals surface area (Å²) < 4.78 is 1.49. The quantitative estimate of drug-likeness (QED) is 0.556. The second-order valence-electron chi connectivity index (χ2n) is 4.82. The molecule has 3 aromatic rings. The number of hydrogen-bond donors (Lipinski definition) is 1. The minimum atomic E-state index is -0.474. The lowest BCUT2D eigenvalue weighted by atomic mass is 10.3. The minimum absolute atomic E-state index is 0.0339. The average Bonchev–Trinajstić information content (AvgIpc) is 2.95. The molecule has 0 fully saturated rings. The predicted molar refractivity (Wildman–Crippen MR) is 90.3 cm³/mol. The van der Waals surface area contributed by atoms with Crippen LogP contribution in [-0.2, 0) is 0 Å². The Kier molecular flexibility index (Phi) is 4.32. The Labute approximate surface area is 146 Å². The zero-order valence-corrected chi connectivity index (χ0v) is 13.8. The highest BCUT2D eigenvalue weighted by Gasteiger charge is 2.13. The summed E-state index contributed by atoms with van der Waals surface area (Å²) in [4.78, 5) is 18.6. The summed E-state index contributed by atoms with van der Waals surface area (Å²) in [7, 11) is 0. The van der Waals surface area contributed by atoms with Gasteiger partial charge in [-0.1, -0.05) is 23.2 Å². The molecule has 3 rings (SSSR count). The Bertz CT molecular complexity index is 927.